The smallest absolute Gasteiger partial charge is 0.245 e. The zero-order chi connectivity index (χ0) is 14.0. The lowest BCUT2D eigenvalue weighted by Crippen LogP contribution is -2.54. The summed E-state index contributed by atoms with van der Waals surface area (Å²) in [4.78, 5) is 14.1. The van der Waals surface area contributed by atoms with Crippen LogP contribution in [0.4, 0.5) is 5.69 Å². The van der Waals surface area contributed by atoms with Gasteiger partial charge in [-0.25, -0.2) is 0 Å². The molecule has 1 amide bonds. The number of hydrogen-bond donors (Lipinski definition) is 2. The van der Waals surface area contributed by atoms with Gasteiger partial charge in [-0.1, -0.05) is 22.0 Å². The van der Waals surface area contributed by atoms with Crippen molar-refractivity contribution in [2.45, 2.75) is 31.8 Å². The lowest BCUT2D eigenvalue weighted by molar-refractivity contribution is -0.122. The number of aliphatic hydroxyl groups is 1. The van der Waals surface area contributed by atoms with Gasteiger partial charge in [0, 0.05) is 22.2 Å². The van der Waals surface area contributed by atoms with Crippen LogP contribution in [0.1, 0.15) is 20.3 Å². The van der Waals surface area contributed by atoms with E-state index in [9.17, 15) is 9.90 Å². The Morgan fingerprint density at radius 2 is 2.26 bits per heavy atom. The Morgan fingerprint density at radius 3 is 2.89 bits per heavy atom. The molecule has 5 heteroatoms. The van der Waals surface area contributed by atoms with Gasteiger partial charge in [0.2, 0.25) is 5.91 Å². The Balaban J connectivity index is 2.48. The Labute approximate surface area is 121 Å². The standard InChI is InChI=1S/C14H19BrN2O2/c1-14(2)6-7-16-13(19)12(9-18)17(14)11-5-3-4-10(15)8-11/h3-5,8,12,18H,6-7,9H2,1-2H3,(H,16,19). The van der Waals surface area contributed by atoms with Crippen molar-refractivity contribution in [2.75, 3.05) is 18.1 Å². The number of rotatable bonds is 2. The third-order valence-electron chi connectivity index (χ3n) is 3.56. The van der Waals surface area contributed by atoms with E-state index in [1.165, 1.54) is 0 Å². The third-order valence-corrected chi connectivity index (χ3v) is 4.06. The SMILES string of the molecule is CC1(C)CCNC(=O)C(CO)N1c1cccc(Br)c1. The highest BCUT2D eigenvalue weighted by molar-refractivity contribution is 9.10. The minimum absolute atomic E-state index is 0.118. The maximum Gasteiger partial charge on any atom is 0.245 e. The molecule has 1 atom stereocenters. The summed E-state index contributed by atoms with van der Waals surface area (Å²) < 4.78 is 0.960. The van der Waals surface area contributed by atoms with E-state index in [-0.39, 0.29) is 18.1 Å². The number of amides is 1. The first-order valence-corrected chi connectivity index (χ1v) is 7.18. The average molecular weight is 327 g/mol. The second-order valence-electron chi connectivity index (χ2n) is 5.40. The van der Waals surface area contributed by atoms with E-state index >= 15 is 0 Å². The number of nitrogens with zero attached hydrogens (tertiary/aromatic N) is 1. The van der Waals surface area contributed by atoms with Gasteiger partial charge >= 0.3 is 0 Å². The van der Waals surface area contributed by atoms with Gasteiger partial charge in [0.05, 0.1) is 6.61 Å². The summed E-state index contributed by atoms with van der Waals surface area (Å²) in [5.41, 5.74) is 0.739. The van der Waals surface area contributed by atoms with Gasteiger partial charge in [0.15, 0.2) is 0 Å². The molecule has 0 saturated carbocycles. The number of hydrogen-bond acceptors (Lipinski definition) is 3. The van der Waals surface area contributed by atoms with Crippen molar-refractivity contribution in [1.82, 2.24) is 5.32 Å². The van der Waals surface area contributed by atoms with E-state index < -0.39 is 6.04 Å². The third kappa shape index (κ3) is 2.92. The molecule has 1 aromatic carbocycles. The molecule has 1 heterocycles. The van der Waals surface area contributed by atoms with E-state index in [4.69, 9.17) is 0 Å². The van der Waals surface area contributed by atoms with Crippen molar-refractivity contribution in [3.05, 3.63) is 28.7 Å². The molecule has 0 radical (unpaired) electrons. The van der Waals surface area contributed by atoms with Crippen molar-refractivity contribution < 1.29 is 9.90 Å². The van der Waals surface area contributed by atoms with Gasteiger partial charge in [-0.2, -0.15) is 0 Å². The van der Waals surface area contributed by atoms with Crippen molar-refractivity contribution in [2.24, 2.45) is 0 Å². The van der Waals surface area contributed by atoms with Crippen LogP contribution in [0.3, 0.4) is 0 Å². The average Bonchev–Trinajstić information content (AvgIpc) is 2.45. The number of anilines is 1. The topological polar surface area (TPSA) is 52.6 Å². The number of benzene rings is 1. The molecule has 2 N–H and O–H groups in total. The maximum absolute atomic E-state index is 12.1. The van der Waals surface area contributed by atoms with Gasteiger partial charge in [-0.05, 0) is 38.5 Å². The zero-order valence-electron chi connectivity index (χ0n) is 11.2. The molecule has 104 valence electrons. The van der Waals surface area contributed by atoms with E-state index in [0.717, 1.165) is 16.6 Å². The van der Waals surface area contributed by atoms with Crippen LogP contribution in [0.25, 0.3) is 0 Å². The molecular weight excluding hydrogens is 308 g/mol. The van der Waals surface area contributed by atoms with Crippen LogP contribution in [0.5, 0.6) is 0 Å². The van der Waals surface area contributed by atoms with Crippen LogP contribution in [-0.4, -0.2) is 35.7 Å². The summed E-state index contributed by atoms with van der Waals surface area (Å²) in [6.45, 7) is 4.63. The molecule has 1 fully saturated rings. The molecule has 19 heavy (non-hydrogen) atoms. The summed E-state index contributed by atoms with van der Waals surface area (Å²) in [5.74, 6) is -0.118. The molecule has 1 saturated heterocycles. The summed E-state index contributed by atoms with van der Waals surface area (Å²) in [6.07, 6.45) is 0.835. The molecule has 2 rings (SSSR count). The fourth-order valence-electron chi connectivity index (χ4n) is 2.59. The first-order chi connectivity index (χ1) is 8.95. The largest absolute Gasteiger partial charge is 0.394 e. The fourth-order valence-corrected chi connectivity index (χ4v) is 2.98. The number of carbonyl (C=O) groups is 1. The van der Waals surface area contributed by atoms with Crippen molar-refractivity contribution in [1.29, 1.82) is 0 Å². The molecular formula is C14H19BrN2O2. The molecule has 4 nitrogen and oxygen atoms in total. The molecule has 1 aliphatic rings. The van der Waals surface area contributed by atoms with Gasteiger partial charge < -0.3 is 15.3 Å². The Kier molecular flexibility index (Phi) is 4.16. The van der Waals surface area contributed by atoms with Gasteiger partial charge in [-0.15, -0.1) is 0 Å². The minimum atomic E-state index is -0.549. The summed E-state index contributed by atoms with van der Waals surface area (Å²) in [7, 11) is 0. The number of halogens is 1. The molecule has 0 aromatic heterocycles. The molecule has 0 bridgehead atoms. The van der Waals surface area contributed by atoms with Crippen LogP contribution in [0, 0.1) is 0 Å². The van der Waals surface area contributed by atoms with Gasteiger partial charge in [0.25, 0.3) is 0 Å². The second kappa shape index (κ2) is 5.51. The predicted molar refractivity (Wildman–Crippen MR) is 79.2 cm³/mol. The highest BCUT2D eigenvalue weighted by Crippen LogP contribution is 2.32. The maximum atomic E-state index is 12.1. The van der Waals surface area contributed by atoms with Crippen molar-refractivity contribution >= 4 is 27.5 Å². The normalized spacial score (nSPS) is 22.8. The quantitative estimate of drug-likeness (QED) is 0.873. The molecule has 0 spiro atoms. The van der Waals surface area contributed by atoms with Crippen molar-refractivity contribution in [3.63, 3.8) is 0 Å². The summed E-state index contributed by atoms with van der Waals surface area (Å²) in [6, 6.07) is 7.28. The molecule has 1 aliphatic heterocycles. The van der Waals surface area contributed by atoms with E-state index in [0.29, 0.717) is 6.54 Å². The Bertz CT molecular complexity index is 476. The lowest BCUT2D eigenvalue weighted by Gasteiger charge is -2.42. The van der Waals surface area contributed by atoms with Crippen molar-refractivity contribution in [3.8, 4) is 0 Å². The van der Waals surface area contributed by atoms with Crippen LogP contribution in [0.2, 0.25) is 0 Å². The Hall–Kier alpha value is -1.07. The number of nitrogens with one attached hydrogen (secondary N) is 1. The molecule has 1 aromatic rings. The van der Waals surface area contributed by atoms with Gasteiger partial charge in [-0.3, -0.25) is 4.79 Å². The van der Waals surface area contributed by atoms with Crippen LogP contribution in [0.15, 0.2) is 28.7 Å². The van der Waals surface area contributed by atoms with E-state index in [2.05, 4.69) is 35.1 Å². The first-order valence-electron chi connectivity index (χ1n) is 6.39. The lowest BCUT2D eigenvalue weighted by atomic mass is 9.96. The minimum Gasteiger partial charge on any atom is -0.394 e. The van der Waals surface area contributed by atoms with Crippen LogP contribution < -0.4 is 10.2 Å². The summed E-state index contributed by atoms with van der Waals surface area (Å²) in [5, 5.41) is 12.5. The van der Waals surface area contributed by atoms with Gasteiger partial charge in [0.1, 0.15) is 6.04 Å². The predicted octanol–water partition coefficient (Wildman–Crippen LogP) is 1.91. The Morgan fingerprint density at radius 1 is 1.53 bits per heavy atom. The summed E-state index contributed by atoms with van der Waals surface area (Å²) >= 11 is 3.45. The van der Waals surface area contributed by atoms with Crippen LogP contribution >= 0.6 is 15.9 Å². The monoisotopic (exact) mass is 326 g/mol. The fraction of sp³-hybridized carbons (Fsp3) is 0.500. The number of carbonyl (C=O) groups excluding carboxylic acids is 1. The highest BCUT2D eigenvalue weighted by atomic mass is 79.9. The van der Waals surface area contributed by atoms with E-state index in [1.807, 2.05) is 29.2 Å². The van der Waals surface area contributed by atoms with Crippen LogP contribution in [-0.2, 0) is 4.79 Å². The molecule has 0 aliphatic carbocycles. The second-order valence-corrected chi connectivity index (χ2v) is 6.32. The first kappa shape index (κ1) is 14.3. The number of aliphatic hydroxyl groups excluding tert-OH is 1. The highest BCUT2D eigenvalue weighted by Gasteiger charge is 2.38. The van der Waals surface area contributed by atoms with E-state index in [1.54, 1.807) is 0 Å². The molecule has 1 unspecified atom stereocenters. The zero-order valence-corrected chi connectivity index (χ0v) is 12.8.